The maximum Gasteiger partial charge on any atom is 0.194 e. The van der Waals surface area contributed by atoms with Gasteiger partial charge in [0.15, 0.2) is 4.96 Å². The fraction of sp³-hybridized carbons (Fsp3) is 0. The number of fused-ring (bicyclic) bond motifs is 1. The molecule has 0 aliphatic carbocycles. The van der Waals surface area contributed by atoms with Crippen molar-refractivity contribution in [3.63, 3.8) is 0 Å². The Morgan fingerprint density at radius 2 is 2.27 bits per heavy atom. The van der Waals surface area contributed by atoms with Crippen molar-refractivity contribution in [3.05, 3.63) is 42.0 Å². The highest BCUT2D eigenvalue weighted by atomic mass is 32.1. The number of nitrogen functional groups attached to an aromatic ring is 1. The first-order chi connectivity index (χ1) is 7.34. The number of hydrogen-bond acceptors (Lipinski definition) is 3. The number of thiazole rings is 1. The number of imidazole rings is 1. The fourth-order valence-electron chi connectivity index (χ4n) is 1.63. The first-order valence-corrected chi connectivity index (χ1v) is 5.49. The lowest BCUT2D eigenvalue weighted by atomic mass is 10.1. The van der Waals surface area contributed by atoms with Gasteiger partial charge in [0, 0.05) is 29.0 Å². The predicted molar refractivity (Wildman–Crippen MR) is 62.9 cm³/mol. The van der Waals surface area contributed by atoms with E-state index in [1.807, 2.05) is 30.6 Å². The lowest BCUT2D eigenvalue weighted by Gasteiger charge is -2.00. The summed E-state index contributed by atoms with van der Waals surface area (Å²) in [7, 11) is 0. The third kappa shape index (κ3) is 1.30. The summed E-state index contributed by atoms with van der Waals surface area (Å²) in [6, 6.07) is 7.88. The molecule has 3 rings (SSSR count). The molecule has 0 aliphatic heterocycles. The molecule has 1 aromatic carbocycles. The van der Waals surface area contributed by atoms with E-state index in [0.29, 0.717) is 0 Å². The Morgan fingerprint density at radius 1 is 1.33 bits per heavy atom. The summed E-state index contributed by atoms with van der Waals surface area (Å²) in [6.45, 7) is 0. The molecule has 2 N–H and O–H groups in total. The molecule has 0 atom stereocenters. The van der Waals surface area contributed by atoms with E-state index in [-0.39, 0.29) is 0 Å². The van der Waals surface area contributed by atoms with Gasteiger partial charge in [-0.15, -0.1) is 11.3 Å². The molecule has 15 heavy (non-hydrogen) atoms. The average molecular weight is 215 g/mol. The summed E-state index contributed by atoms with van der Waals surface area (Å²) in [5, 5.41) is 2.09. The maximum absolute atomic E-state index is 5.76. The molecule has 4 heteroatoms. The smallest absolute Gasteiger partial charge is 0.194 e. The van der Waals surface area contributed by atoms with Crippen LogP contribution in [0.4, 0.5) is 5.69 Å². The highest BCUT2D eigenvalue weighted by Gasteiger charge is 2.05. The first kappa shape index (κ1) is 8.49. The van der Waals surface area contributed by atoms with Crippen LogP contribution in [0.5, 0.6) is 0 Å². The quantitative estimate of drug-likeness (QED) is 0.634. The second kappa shape index (κ2) is 3.10. The van der Waals surface area contributed by atoms with Crippen molar-refractivity contribution < 1.29 is 0 Å². The minimum atomic E-state index is 0.784. The molecular weight excluding hydrogens is 206 g/mol. The zero-order valence-electron chi connectivity index (χ0n) is 7.92. The van der Waals surface area contributed by atoms with Gasteiger partial charge in [-0.25, -0.2) is 4.98 Å². The van der Waals surface area contributed by atoms with Crippen molar-refractivity contribution >= 4 is 22.0 Å². The molecule has 2 heterocycles. The molecular formula is C11H9N3S. The van der Waals surface area contributed by atoms with E-state index in [2.05, 4.69) is 20.8 Å². The van der Waals surface area contributed by atoms with Crippen LogP contribution in [0.3, 0.4) is 0 Å². The largest absolute Gasteiger partial charge is 0.399 e. The van der Waals surface area contributed by atoms with E-state index in [4.69, 9.17) is 5.73 Å². The summed E-state index contributed by atoms with van der Waals surface area (Å²) >= 11 is 1.63. The van der Waals surface area contributed by atoms with Gasteiger partial charge in [0.1, 0.15) is 0 Å². The first-order valence-electron chi connectivity index (χ1n) is 4.61. The van der Waals surface area contributed by atoms with Crippen molar-refractivity contribution in [2.24, 2.45) is 0 Å². The van der Waals surface area contributed by atoms with Crippen LogP contribution in [-0.4, -0.2) is 9.38 Å². The minimum Gasteiger partial charge on any atom is -0.399 e. The number of anilines is 1. The predicted octanol–water partition coefficient (Wildman–Crippen LogP) is 2.65. The summed E-state index contributed by atoms with van der Waals surface area (Å²) in [4.78, 5) is 5.24. The molecule has 0 bridgehead atoms. The van der Waals surface area contributed by atoms with Crippen molar-refractivity contribution in [2.45, 2.75) is 0 Å². The SMILES string of the molecule is Nc1cccc(-c2csc3nccn23)c1. The molecule has 2 aromatic heterocycles. The summed E-state index contributed by atoms with van der Waals surface area (Å²) in [5.74, 6) is 0. The van der Waals surface area contributed by atoms with Crippen LogP contribution in [0.2, 0.25) is 0 Å². The van der Waals surface area contributed by atoms with Gasteiger partial charge in [0.2, 0.25) is 0 Å². The van der Waals surface area contributed by atoms with Gasteiger partial charge in [0.05, 0.1) is 5.69 Å². The van der Waals surface area contributed by atoms with Gasteiger partial charge >= 0.3 is 0 Å². The Kier molecular flexibility index (Phi) is 1.76. The van der Waals surface area contributed by atoms with Crippen molar-refractivity contribution in [3.8, 4) is 11.3 Å². The summed E-state index contributed by atoms with van der Waals surface area (Å²) < 4.78 is 2.07. The Morgan fingerprint density at radius 3 is 3.13 bits per heavy atom. The highest BCUT2D eigenvalue weighted by molar-refractivity contribution is 7.15. The van der Waals surface area contributed by atoms with Crippen LogP contribution in [-0.2, 0) is 0 Å². The van der Waals surface area contributed by atoms with E-state index in [9.17, 15) is 0 Å². The number of nitrogens with zero attached hydrogens (tertiary/aromatic N) is 2. The average Bonchev–Trinajstić information content (AvgIpc) is 2.77. The van der Waals surface area contributed by atoms with Crippen LogP contribution >= 0.6 is 11.3 Å². The molecule has 74 valence electrons. The van der Waals surface area contributed by atoms with Gasteiger partial charge in [-0.05, 0) is 12.1 Å². The van der Waals surface area contributed by atoms with Crippen molar-refractivity contribution in [1.29, 1.82) is 0 Å². The number of aromatic nitrogens is 2. The monoisotopic (exact) mass is 215 g/mol. The number of benzene rings is 1. The third-order valence-corrected chi connectivity index (χ3v) is 3.18. The Hall–Kier alpha value is -1.81. The van der Waals surface area contributed by atoms with Crippen molar-refractivity contribution in [2.75, 3.05) is 5.73 Å². The molecule has 0 spiro atoms. The van der Waals surface area contributed by atoms with Crippen LogP contribution < -0.4 is 5.73 Å². The van der Waals surface area contributed by atoms with E-state index >= 15 is 0 Å². The van der Waals surface area contributed by atoms with Gasteiger partial charge < -0.3 is 5.73 Å². The lowest BCUT2D eigenvalue weighted by molar-refractivity contribution is 1.24. The van der Waals surface area contributed by atoms with Gasteiger partial charge in [-0.2, -0.15) is 0 Å². The molecule has 0 saturated carbocycles. The van der Waals surface area contributed by atoms with E-state index in [1.165, 1.54) is 0 Å². The molecule has 0 unspecified atom stereocenters. The van der Waals surface area contributed by atoms with Crippen LogP contribution in [0.25, 0.3) is 16.2 Å². The number of hydrogen-bond donors (Lipinski definition) is 1. The number of nitrogens with two attached hydrogens (primary N) is 1. The topological polar surface area (TPSA) is 43.3 Å². The zero-order valence-corrected chi connectivity index (χ0v) is 8.74. The molecule has 0 radical (unpaired) electrons. The standard InChI is InChI=1S/C11H9N3S/c12-9-3-1-2-8(6-9)10-7-15-11-13-4-5-14(10)11/h1-7H,12H2. The Bertz CT molecular complexity index is 609. The second-order valence-electron chi connectivity index (χ2n) is 3.33. The fourth-order valence-corrected chi connectivity index (χ4v) is 2.49. The van der Waals surface area contributed by atoms with E-state index < -0.39 is 0 Å². The zero-order chi connectivity index (χ0) is 10.3. The molecule has 0 amide bonds. The van der Waals surface area contributed by atoms with Gasteiger partial charge in [-0.3, -0.25) is 4.40 Å². The highest BCUT2D eigenvalue weighted by Crippen LogP contribution is 2.26. The minimum absolute atomic E-state index is 0.784. The molecule has 3 nitrogen and oxygen atoms in total. The van der Waals surface area contributed by atoms with Crippen LogP contribution in [0, 0.1) is 0 Å². The van der Waals surface area contributed by atoms with E-state index in [1.54, 1.807) is 11.3 Å². The molecule has 0 fully saturated rings. The van der Waals surface area contributed by atoms with E-state index in [0.717, 1.165) is 21.9 Å². The lowest BCUT2D eigenvalue weighted by Crippen LogP contribution is -1.87. The van der Waals surface area contributed by atoms with Crippen LogP contribution in [0.15, 0.2) is 42.0 Å². The molecule has 0 saturated heterocycles. The summed E-state index contributed by atoms with van der Waals surface area (Å²) in [6.07, 6.45) is 3.77. The third-order valence-electron chi connectivity index (χ3n) is 2.32. The van der Waals surface area contributed by atoms with Crippen molar-refractivity contribution in [1.82, 2.24) is 9.38 Å². The van der Waals surface area contributed by atoms with Gasteiger partial charge in [0.25, 0.3) is 0 Å². The van der Waals surface area contributed by atoms with Gasteiger partial charge in [-0.1, -0.05) is 12.1 Å². The Labute approximate surface area is 90.8 Å². The normalized spacial score (nSPS) is 10.9. The summed E-state index contributed by atoms with van der Waals surface area (Å²) in [5.41, 5.74) is 8.81. The number of rotatable bonds is 1. The molecule has 3 aromatic rings. The van der Waals surface area contributed by atoms with Crippen LogP contribution in [0.1, 0.15) is 0 Å². The molecule has 0 aliphatic rings. The maximum atomic E-state index is 5.76. The second-order valence-corrected chi connectivity index (χ2v) is 4.16. The Balaban J connectivity index is 2.26.